The summed E-state index contributed by atoms with van der Waals surface area (Å²) in [5.74, 6) is -0.302. The summed E-state index contributed by atoms with van der Waals surface area (Å²) >= 11 is 0. The number of hydrogen-bond donors (Lipinski definition) is 1. The molecule has 0 unspecified atom stereocenters. The van der Waals surface area contributed by atoms with Crippen molar-refractivity contribution in [1.82, 2.24) is 4.90 Å². The van der Waals surface area contributed by atoms with E-state index in [1.807, 2.05) is 29.2 Å². The van der Waals surface area contributed by atoms with Crippen molar-refractivity contribution in [2.24, 2.45) is 0 Å². The Balaban J connectivity index is 1.49. The molecule has 3 rings (SSSR count). The van der Waals surface area contributed by atoms with Gasteiger partial charge in [-0.2, -0.15) is 0 Å². The number of aryl methyl sites for hydroxylation is 1. The maximum Gasteiger partial charge on any atom is 0.224 e. The lowest BCUT2D eigenvalue weighted by Crippen LogP contribution is -2.48. The molecule has 1 aliphatic rings. The third kappa shape index (κ3) is 5.06. The highest BCUT2D eigenvalue weighted by atomic mass is 19.1. The maximum absolute atomic E-state index is 13.6. The van der Waals surface area contributed by atoms with Gasteiger partial charge in [-0.05, 0) is 42.3 Å². The molecule has 27 heavy (non-hydrogen) atoms. The zero-order valence-corrected chi connectivity index (χ0v) is 15.5. The fraction of sp³-hybridized carbons (Fsp3) is 0.333. The number of nitrogens with zero attached hydrogens (tertiary/aromatic N) is 2. The number of carbonyl (C=O) groups excluding carboxylic acids is 2. The Bertz CT molecular complexity index is 799. The number of rotatable bonds is 5. The quantitative estimate of drug-likeness (QED) is 0.881. The Morgan fingerprint density at radius 3 is 2.30 bits per heavy atom. The van der Waals surface area contributed by atoms with Crippen molar-refractivity contribution in [3.05, 3.63) is 59.9 Å². The number of piperazine rings is 1. The molecule has 2 amide bonds. The second kappa shape index (κ2) is 8.66. The van der Waals surface area contributed by atoms with Crippen molar-refractivity contribution in [2.75, 3.05) is 36.4 Å². The van der Waals surface area contributed by atoms with Crippen LogP contribution in [0, 0.1) is 5.82 Å². The van der Waals surface area contributed by atoms with Gasteiger partial charge in [0.25, 0.3) is 0 Å². The summed E-state index contributed by atoms with van der Waals surface area (Å²) in [6, 6.07) is 14.2. The molecule has 0 atom stereocenters. The summed E-state index contributed by atoms with van der Waals surface area (Å²) < 4.78 is 13.6. The van der Waals surface area contributed by atoms with Crippen molar-refractivity contribution in [1.29, 1.82) is 0 Å². The number of anilines is 2. The molecular weight excluding hydrogens is 345 g/mol. The fourth-order valence-corrected chi connectivity index (χ4v) is 3.21. The van der Waals surface area contributed by atoms with E-state index < -0.39 is 0 Å². The van der Waals surface area contributed by atoms with Crippen LogP contribution in [0.5, 0.6) is 0 Å². The monoisotopic (exact) mass is 369 g/mol. The highest BCUT2D eigenvalue weighted by Gasteiger charge is 2.18. The summed E-state index contributed by atoms with van der Waals surface area (Å²) in [6.07, 6.45) is 0.604. The first-order valence-corrected chi connectivity index (χ1v) is 9.17. The van der Waals surface area contributed by atoms with Gasteiger partial charge in [-0.3, -0.25) is 9.59 Å². The summed E-state index contributed by atoms with van der Waals surface area (Å²) in [6.45, 7) is 4.65. The minimum absolute atomic E-state index is 0.114. The zero-order chi connectivity index (χ0) is 19.2. The summed E-state index contributed by atoms with van der Waals surface area (Å²) in [5, 5.41) is 2.85. The van der Waals surface area contributed by atoms with Crippen LogP contribution >= 0.6 is 0 Å². The third-order valence-electron chi connectivity index (χ3n) is 4.82. The van der Waals surface area contributed by atoms with E-state index in [1.165, 1.54) is 6.07 Å². The van der Waals surface area contributed by atoms with E-state index >= 15 is 0 Å². The van der Waals surface area contributed by atoms with Gasteiger partial charge in [-0.25, -0.2) is 4.39 Å². The predicted molar refractivity (Wildman–Crippen MR) is 104 cm³/mol. The Kier molecular flexibility index (Phi) is 6.06. The molecule has 142 valence electrons. The fourth-order valence-electron chi connectivity index (χ4n) is 3.21. The van der Waals surface area contributed by atoms with Gasteiger partial charge in [0.15, 0.2) is 0 Å². The van der Waals surface area contributed by atoms with Gasteiger partial charge in [0.2, 0.25) is 11.8 Å². The molecule has 5 nitrogen and oxygen atoms in total. The topological polar surface area (TPSA) is 52.7 Å². The molecule has 6 heteroatoms. The average molecular weight is 369 g/mol. The molecule has 0 bridgehead atoms. The number of carbonyl (C=O) groups is 2. The van der Waals surface area contributed by atoms with Crippen LogP contribution in [-0.2, 0) is 16.0 Å². The van der Waals surface area contributed by atoms with Crippen molar-refractivity contribution >= 4 is 23.2 Å². The van der Waals surface area contributed by atoms with E-state index in [9.17, 15) is 14.0 Å². The second-order valence-corrected chi connectivity index (χ2v) is 6.68. The molecule has 1 N–H and O–H groups in total. The number of benzene rings is 2. The lowest BCUT2D eigenvalue weighted by molar-refractivity contribution is -0.129. The van der Waals surface area contributed by atoms with Crippen LogP contribution in [0.1, 0.15) is 18.9 Å². The van der Waals surface area contributed by atoms with E-state index in [1.54, 1.807) is 25.1 Å². The SMILES string of the molecule is CC(=O)N1CCN(c2ccc(NC(=O)CCc3ccccc3F)cc2)CC1. The van der Waals surface area contributed by atoms with Crippen molar-refractivity contribution in [3.8, 4) is 0 Å². The van der Waals surface area contributed by atoms with Crippen LogP contribution in [0.3, 0.4) is 0 Å². The van der Waals surface area contributed by atoms with E-state index in [-0.39, 0.29) is 24.1 Å². The summed E-state index contributed by atoms with van der Waals surface area (Å²) in [4.78, 5) is 27.6. The van der Waals surface area contributed by atoms with Gasteiger partial charge in [-0.1, -0.05) is 18.2 Å². The lowest BCUT2D eigenvalue weighted by Gasteiger charge is -2.35. The lowest BCUT2D eigenvalue weighted by atomic mass is 10.1. The third-order valence-corrected chi connectivity index (χ3v) is 4.82. The van der Waals surface area contributed by atoms with Gasteiger partial charge in [0.05, 0.1) is 0 Å². The molecule has 0 aromatic heterocycles. The molecular formula is C21H24FN3O2. The van der Waals surface area contributed by atoms with Crippen molar-refractivity contribution in [3.63, 3.8) is 0 Å². The average Bonchev–Trinajstić information content (AvgIpc) is 2.68. The van der Waals surface area contributed by atoms with E-state index in [4.69, 9.17) is 0 Å². The molecule has 1 heterocycles. The zero-order valence-electron chi connectivity index (χ0n) is 15.5. The number of nitrogens with one attached hydrogen (secondary N) is 1. The number of amides is 2. The minimum atomic E-state index is -0.278. The van der Waals surface area contributed by atoms with E-state index in [2.05, 4.69) is 10.2 Å². The van der Waals surface area contributed by atoms with Crippen LogP contribution < -0.4 is 10.2 Å². The molecule has 0 spiro atoms. The molecule has 2 aromatic rings. The first-order valence-electron chi connectivity index (χ1n) is 9.17. The Morgan fingerprint density at radius 1 is 1.00 bits per heavy atom. The van der Waals surface area contributed by atoms with Crippen molar-refractivity contribution in [2.45, 2.75) is 19.8 Å². The molecule has 1 aliphatic heterocycles. The molecule has 2 aromatic carbocycles. The van der Waals surface area contributed by atoms with Gasteiger partial charge in [0.1, 0.15) is 5.82 Å². The van der Waals surface area contributed by atoms with Gasteiger partial charge >= 0.3 is 0 Å². The Morgan fingerprint density at radius 2 is 1.67 bits per heavy atom. The smallest absolute Gasteiger partial charge is 0.224 e. The first kappa shape index (κ1) is 18.9. The highest BCUT2D eigenvalue weighted by Crippen LogP contribution is 2.20. The van der Waals surface area contributed by atoms with E-state index in [0.29, 0.717) is 12.0 Å². The molecule has 1 fully saturated rings. The number of hydrogen-bond acceptors (Lipinski definition) is 3. The molecule has 0 radical (unpaired) electrons. The Hall–Kier alpha value is -2.89. The van der Waals surface area contributed by atoms with Gasteiger partial charge in [-0.15, -0.1) is 0 Å². The van der Waals surface area contributed by atoms with E-state index in [0.717, 1.165) is 37.6 Å². The van der Waals surface area contributed by atoms with Gasteiger partial charge < -0.3 is 15.1 Å². The van der Waals surface area contributed by atoms with Crippen LogP contribution in [-0.4, -0.2) is 42.9 Å². The largest absolute Gasteiger partial charge is 0.368 e. The standard InChI is InChI=1S/C21H24FN3O2/c1-16(26)24-12-14-25(15-13-24)19-9-7-18(8-10-19)23-21(27)11-6-17-4-2-3-5-20(17)22/h2-5,7-10H,6,11-15H2,1H3,(H,23,27). The van der Waals surface area contributed by atoms with Crippen molar-refractivity contribution < 1.29 is 14.0 Å². The van der Waals surface area contributed by atoms with Crippen LogP contribution in [0.2, 0.25) is 0 Å². The molecule has 0 saturated carbocycles. The molecule has 1 saturated heterocycles. The van der Waals surface area contributed by atoms with Gasteiger partial charge in [0, 0.05) is 50.9 Å². The second-order valence-electron chi connectivity index (χ2n) is 6.68. The maximum atomic E-state index is 13.6. The first-order chi connectivity index (χ1) is 13.0. The number of halogens is 1. The van der Waals surface area contributed by atoms with Crippen LogP contribution in [0.4, 0.5) is 15.8 Å². The van der Waals surface area contributed by atoms with Crippen LogP contribution in [0.25, 0.3) is 0 Å². The Labute approximate surface area is 158 Å². The minimum Gasteiger partial charge on any atom is -0.368 e. The predicted octanol–water partition coefficient (Wildman–Crippen LogP) is 3.07. The summed E-state index contributed by atoms with van der Waals surface area (Å²) in [7, 11) is 0. The normalized spacial score (nSPS) is 14.1. The molecule has 0 aliphatic carbocycles. The highest BCUT2D eigenvalue weighted by molar-refractivity contribution is 5.91. The van der Waals surface area contributed by atoms with Crippen LogP contribution in [0.15, 0.2) is 48.5 Å². The summed E-state index contributed by atoms with van der Waals surface area (Å²) in [5.41, 5.74) is 2.34.